The molecule has 0 spiro atoms. The van der Waals surface area contributed by atoms with E-state index in [0.717, 1.165) is 6.07 Å². The number of alkyl halides is 3. The third kappa shape index (κ3) is 7.06. The van der Waals surface area contributed by atoms with Gasteiger partial charge in [-0.1, -0.05) is 26.3 Å². The first-order valence-electron chi connectivity index (χ1n) is 12.4. The third-order valence-corrected chi connectivity index (χ3v) is 6.78. The summed E-state index contributed by atoms with van der Waals surface area (Å²) in [5.74, 6) is 0.0888. The molecule has 5 N–H and O–H groups in total. The van der Waals surface area contributed by atoms with Gasteiger partial charge in [0.25, 0.3) is 0 Å². The van der Waals surface area contributed by atoms with Gasteiger partial charge in [-0.25, -0.2) is 4.98 Å². The molecule has 0 saturated carbocycles. The number of hydrogen-bond donors (Lipinski definition) is 3. The molecule has 0 radical (unpaired) electrons. The number of carbonyl (C=O) groups is 1. The van der Waals surface area contributed by atoms with Crippen molar-refractivity contribution in [3.63, 3.8) is 0 Å². The molecule has 2 unspecified atom stereocenters. The van der Waals surface area contributed by atoms with E-state index in [-0.39, 0.29) is 67.9 Å². The monoisotopic (exact) mass is 603 g/mol. The molecule has 0 amide bonds. The molecule has 1 saturated heterocycles. The van der Waals surface area contributed by atoms with Crippen LogP contribution in [0.15, 0.2) is 24.3 Å². The first-order valence-corrected chi connectivity index (χ1v) is 12.4. The van der Waals surface area contributed by atoms with E-state index in [0.29, 0.717) is 44.2 Å². The number of ether oxygens (including phenoxy) is 2. The van der Waals surface area contributed by atoms with Crippen molar-refractivity contribution in [2.75, 3.05) is 42.3 Å². The van der Waals surface area contributed by atoms with Crippen molar-refractivity contribution in [3.8, 4) is 0 Å². The van der Waals surface area contributed by atoms with Gasteiger partial charge >= 0.3 is 12.1 Å². The average Bonchev–Trinajstić information content (AvgIpc) is 3.25. The van der Waals surface area contributed by atoms with Crippen LogP contribution in [-0.4, -0.2) is 52.9 Å². The lowest BCUT2D eigenvalue weighted by Gasteiger charge is -2.27. The van der Waals surface area contributed by atoms with Crippen LogP contribution in [0.2, 0.25) is 0 Å². The van der Waals surface area contributed by atoms with Gasteiger partial charge in [0.05, 0.1) is 24.5 Å². The number of benzene rings is 1. The Morgan fingerprint density at radius 3 is 2.55 bits per heavy atom. The molecule has 3 aromatic rings. The molecule has 2 aromatic heterocycles. The van der Waals surface area contributed by atoms with Gasteiger partial charge in [0, 0.05) is 24.8 Å². The number of nitrogens with one attached hydrogen (secondary N) is 1. The minimum absolute atomic E-state index is 0. The Labute approximate surface area is 244 Å². The van der Waals surface area contributed by atoms with Gasteiger partial charge in [-0.3, -0.25) is 4.79 Å². The highest BCUT2D eigenvalue weighted by Crippen LogP contribution is 2.36. The second-order valence-electron chi connectivity index (χ2n) is 9.32. The second kappa shape index (κ2) is 13.7. The van der Waals surface area contributed by atoms with E-state index in [4.69, 9.17) is 20.9 Å². The Morgan fingerprint density at radius 2 is 1.93 bits per heavy atom. The Hall–Kier alpha value is -2.88. The molecular weight excluding hydrogens is 567 g/mol. The lowest BCUT2D eigenvalue weighted by molar-refractivity contribution is -0.148. The summed E-state index contributed by atoms with van der Waals surface area (Å²) in [6, 6.07) is 4.71. The van der Waals surface area contributed by atoms with Crippen molar-refractivity contribution in [1.82, 2.24) is 14.6 Å². The zero-order valence-electron chi connectivity index (χ0n) is 22.5. The number of fused-ring (bicyclic) bond motifs is 1. The van der Waals surface area contributed by atoms with Crippen LogP contribution in [0, 0.1) is 12.8 Å². The van der Waals surface area contributed by atoms with E-state index in [2.05, 4.69) is 15.4 Å². The maximum Gasteiger partial charge on any atom is 0.416 e. The average molecular weight is 604 g/mol. The van der Waals surface area contributed by atoms with Crippen molar-refractivity contribution in [3.05, 3.63) is 41.1 Å². The third-order valence-electron chi connectivity index (χ3n) is 6.78. The molecule has 1 aromatic carbocycles. The number of esters is 1. The van der Waals surface area contributed by atoms with Crippen LogP contribution in [0.3, 0.4) is 0 Å². The fraction of sp³-hybridized carbons (Fsp3) is 0.480. The summed E-state index contributed by atoms with van der Waals surface area (Å²) in [6.45, 7) is 7.10. The van der Waals surface area contributed by atoms with E-state index < -0.39 is 23.8 Å². The minimum Gasteiger partial charge on any atom is -0.458 e. The van der Waals surface area contributed by atoms with Gasteiger partial charge in [-0.15, -0.1) is 5.10 Å². The van der Waals surface area contributed by atoms with Crippen LogP contribution in [0.5, 0.6) is 0 Å². The number of rotatable bonds is 8. The standard InChI is InChI=1S/C25H32F3N7O3.2H2S/c1-4-14(2)21(30)24(36)38-13-19-23(31-18-7-5-6-16(15(18)3)25(26,27)28)35-22(32-19)17(29)12-20(33-35)34-8-10-37-11-9-34;;/h5-7,12,14,21,31H,4,8-11,13,29-30H2,1-3H3;2*1H2. The minimum atomic E-state index is -4.53. The zero-order chi connectivity index (χ0) is 27.6. The maximum absolute atomic E-state index is 13.6. The SMILES string of the molecule is CCC(C)C(N)C(=O)OCc1nc2c(N)cc(N3CCOCC3)nn2c1Nc1cccc(C(F)(F)F)c1C.S.S. The number of nitrogens with two attached hydrogens (primary N) is 2. The molecule has 10 nitrogen and oxygen atoms in total. The molecule has 0 bridgehead atoms. The smallest absolute Gasteiger partial charge is 0.416 e. The number of aromatic nitrogens is 3. The van der Waals surface area contributed by atoms with Gasteiger partial charge in [0.1, 0.15) is 18.3 Å². The quantitative estimate of drug-likeness (QED) is 0.328. The van der Waals surface area contributed by atoms with E-state index >= 15 is 0 Å². The Kier molecular flexibility index (Phi) is 11.4. The van der Waals surface area contributed by atoms with E-state index in [1.165, 1.54) is 23.6 Å². The summed E-state index contributed by atoms with van der Waals surface area (Å²) < 4.78 is 53.0. The molecule has 1 fully saturated rings. The fourth-order valence-electron chi connectivity index (χ4n) is 4.18. The van der Waals surface area contributed by atoms with Crippen LogP contribution < -0.4 is 21.7 Å². The summed E-state index contributed by atoms with van der Waals surface area (Å²) in [7, 11) is 0. The van der Waals surface area contributed by atoms with Crippen molar-refractivity contribution < 1.29 is 27.4 Å². The Morgan fingerprint density at radius 1 is 1.25 bits per heavy atom. The summed E-state index contributed by atoms with van der Waals surface area (Å²) in [4.78, 5) is 19.1. The number of halogens is 3. The topological polar surface area (TPSA) is 133 Å². The summed E-state index contributed by atoms with van der Waals surface area (Å²) in [6.07, 6.45) is -3.84. The van der Waals surface area contributed by atoms with Crippen LogP contribution in [-0.2, 0) is 27.1 Å². The predicted octanol–water partition coefficient (Wildman–Crippen LogP) is 3.86. The predicted molar refractivity (Wildman–Crippen MR) is 158 cm³/mol. The summed E-state index contributed by atoms with van der Waals surface area (Å²) in [5, 5.41) is 7.71. The van der Waals surface area contributed by atoms with Gasteiger partial charge in [0.15, 0.2) is 17.3 Å². The van der Waals surface area contributed by atoms with Gasteiger partial charge in [0.2, 0.25) is 0 Å². The highest BCUT2D eigenvalue weighted by molar-refractivity contribution is 7.59. The van der Waals surface area contributed by atoms with Crippen molar-refractivity contribution >= 4 is 61.6 Å². The molecular formula is C25H36F3N7O3S2. The molecule has 15 heteroatoms. The van der Waals surface area contributed by atoms with Crippen molar-refractivity contribution in [1.29, 1.82) is 0 Å². The van der Waals surface area contributed by atoms with Crippen LogP contribution in [0.1, 0.15) is 37.1 Å². The number of nitrogen functional groups attached to an aromatic ring is 1. The number of carbonyl (C=O) groups excluding carboxylic acids is 1. The van der Waals surface area contributed by atoms with E-state index in [1.807, 2.05) is 18.7 Å². The number of hydrogen-bond acceptors (Lipinski definition) is 9. The molecule has 1 aliphatic rings. The fourth-order valence-corrected chi connectivity index (χ4v) is 4.18. The van der Waals surface area contributed by atoms with E-state index in [1.54, 1.807) is 6.07 Å². The molecule has 0 aliphatic carbocycles. The van der Waals surface area contributed by atoms with Gasteiger partial charge < -0.3 is 31.2 Å². The molecule has 40 heavy (non-hydrogen) atoms. The van der Waals surface area contributed by atoms with E-state index in [9.17, 15) is 18.0 Å². The highest BCUT2D eigenvalue weighted by atomic mass is 32.1. The molecule has 222 valence electrons. The first-order chi connectivity index (χ1) is 18.0. The van der Waals surface area contributed by atoms with Crippen molar-refractivity contribution in [2.45, 2.75) is 46.0 Å². The Balaban J connectivity index is 0.00000280. The number of anilines is 4. The Bertz CT molecular complexity index is 1320. The maximum atomic E-state index is 13.6. The van der Waals surface area contributed by atoms with Crippen LogP contribution in [0.25, 0.3) is 5.65 Å². The lowest BCUT2D eigenvalue weighted by atomic mass is 10.0. The van der Waals surface area contributed by atoms with Gasteiger partial charge in [-0.2, -0.15) is 44.7 Å². The highest BCUT2D eigenvalue weighted by Gasteiger charge is 2.33. The summed E-state index contributed by atoms with van der Waals surface area (Å²) in [5.41, 5.74) is 12.6. The lowest BCUT2D eigenvalue weighted by Crippen LogP contribution is -2.37. The first kappa shape index (κ1) is 33.3. The molecule has 1 aliphatic heterocycles. The molecule has 4 rings (SSSR count). The largest absolute Gasteiger partial charge is 0.458 e. The van der Waals surface area contributed by atoms with Crippen LogP contribution in [0.4, 0.5) is 36.2 Å². The molecule has 2 atom stereocenters. The number of imidazole rings is 1. The number of nitrogens with zero attached hydrogens (tertiary/aromatic N) is 4. The van der Waals surface area contributed by atoms with Gasteiger partial charge in [-0.05, 0) is 30.5 Å². The zero-order valence-corrected chi connectivity index (χ0v) is 24.5. The number of morpholine rings is 1. The normalized spacial score (nSPS) is 15.1. The second-order valence-corrected chi connectivity index (χ2v) is 9.32. The molecule has 3 heterocycles. The summed E-state index contributed by atoms with van der Waals surface area (Å²) >= 11 is 0. The van der Waals surface area contributed by atoms with Crippen molar-refractivity contribution in [2.24, 2.45) is 11.7 Å². The van der Waals surface area contributed by atoms with Crippen LogP contribution >= 0.6 is 27.0 Å².